The Bertz CT molecular complexity index is 1120. The maximum Gasteiger partial charge on any atom is 0.308 e. The average Bonchev–Trinajstić information content (AvgIpc) is 2.85. The van der Waals surface area contributed by atoms with E-state index in [1.165, 1.54) is 18.1 Å². The van der Waals surface area contributed by atoms with Gasteiger partial charge in [-0.05, 0) is 79.0 Å². The standard InChI is InChI=1S/C31H43NO3/c1-20(33)35-27-25(28(2,3)4)18-22(19-26(27)29(5,6)7)14-13-21-15-16-23-24(17-21)31(10,11)32(34-12)30(23,8)9/h13-19H,1-12H3/b14-13+. The number of hydrogen-bond donors (Lipinski definition) is 0. The highest BCUT2D eigenvalue weighted by Gasteiger charge is 2.49. The number of benzene rings is 2. The first kappa shape index (κ1) is 27.2. The first-order valence-corrected chi connectivity index (χ1v) is 12.5. The van der Waals surface area contributed by atoms with E-state index in [-0.39, 0.29) is 27.9 Å². The Labute approximate surface area is 212 Å². The van der Waals surface area contributed by atoms with Crippen molar-refractivity contribution >= 4 is 18.1 Å². The van der Waals surface area contributed by atoms with E-state index in [1.54, 1.807) is 7.11 Å². The molecule has 0 aromatic heterocycles. The number of hydroxylamine groups is 2. The molecule has 4 nitrogen and oxygen atoms in total. The van der Waals surface area contributed by atoms with Crippen molar-refractivity contribution in [2.45, 2.75) is 98.1 Å². The molecule has 0 fully saturated rings. The van der Waals surface area contributed by atoms with Crippen molar-refractivity contribution in [1.29, 1.82) is 0 Å². The number of carbonyl (C=O) groups is 1. The summed E-state index contributed by atoms with van der Waals surface area (Å²) in [6, 6.07) is 11.0. The van der Waals surface area contributed by atoms with Gasteiger partial charge in [0.05, 0.1) is 18.2 Å². The van der Waals surface area contributed by atoms with Gasteiger partial charge in [-0.2, -0.15) is 5.06 Å². The Balaban J connectivity index is 2.11. The summed E-state index contributed by atoms with van der Waals surface area (Å²) in [5.41, 5.74) is 6.08. The van der Waals surface area contributed by atoms with E-state index in [0.29, 0.717) is 5.75 Å². The van der Waals surface area contributed by atoms with Gasteiger partial charge in [-0.15, -0.1) is 0 Å². The lowest BCUT2D eigenvalue weighted by Gasteiger charge is -2.38. The quantitative estimate of drug-likeness (QED) is 0.257. The summed E-state index contributed by atoms with van der Waals surface area (Å²) in [6.07, 6.45) is 4.32. The zero-order valence-corrected chi connectivity index (χ0v) is 23.7. The minimum atomic E-state index is -0.293. The summed E-state index contributed by atoms with van der Waals surface area (Å²) in [6.45, 7) is 23.2. The number of carbonyl (C=O) groups excluding carboxylic acids is 1. The molecule has 190 valence electrons. The van der Waals surface area contributed by atoms with Gasteiger partial charge < -0.3 is 9.57 Å². The van der Waals surface area contributed by atoms with Crippen molar-refractivity contribution in [3.05, 3.63) is 63.7 Å². The fourth-order valence-electron chi connectivity index (χ4n) is 5.39. The second-order valence-corrected chi connectivity index (χ2v) is 12.8. The predicted molar refractivity (Wildman–Crippen MR) is 145 cm³/mol. The van der Waals surface area contributed by atoms with Gasteiger partial charge in [0, 0.05) is 18.1 Å². The second-order valence-electron chi connectivity index (χ2n) is 12.8. The Morgan fingerprint density at radius 2 is 1.29 bits per heavy atom. The largest absolute Gasteiger partial charge is 0.426 e. The van der Waals surface area contributed by atoms with Crippen LogP contribution in [0.25, 0.3) is 12.2 Å². The van der Waals surface area contributed by atoms with Crippen molar-refractivity contribution in [2.75, 3.05) is 7.11 Å². The number of hydrogen-bond acceptors (Lipinski definition) is 4. The van der Waals surface area contributed by atoms with Crippen LogP contribution in [0.2, 0.25) is 0 Å². The number of esters is 1. The van der Waals surface area contributed by atoms with Gasteiger partial charge in [0.25, 0.3) is 0 Å². The summed E-state index contributed by atoms with van der Waals surface area (Å²) in [5.74, 6) is 0.397. The predicted octanol–water partition coefficient (Wildman–Crippen LogP) is 7.72. The Kier molecular flexibility index (Phi) is 6.91. The fraction of sp³-hybridized carbons (Fsp3) is 0.516. The molecule has 0 bridgehead atoms. The van der Waals surface area contributed by atoms with E-state index < -0.39 is 0 Å². The van der Waals surface area contributed by atoms with E-state index >= 15 is 0 Å². The van der Waals surface area contributed by atoms with Crippen LogP contribution in [-0.4, -0.2) is 18.1 Å². The molecule has 4 heteroatoms. The van der Waals surface area contributed by atoms with Crippen molar-refractivity contribution in [3.63, 3.8) is 0 Å². The van der Waals surface area contributed by atoms with Crippen LogP contribution in [-0.2, 0) is 31.5 Å². The monoisotopic (exact) mass is 477 g/mol. The van der Waals surface area contributed by atoms with E-state index in [1.807, 2.05) is 0 Å². The van der Waals surface area contributed by atoms with Crippen LogP contribution in [0.15, 0.2) is 30.3 Å². The molecule has 1 heterocycles. The first-order chi connectivity index (χ1) is 15.9. The lowest BCUT2D eigenvalue weighted by Crippen LogP contribution is -2.44. The van der Waals surface area contributed by atoms with Crippen LogP contribution in [0.3, 0.4) is 0 Å². The topological polar surface area (TPSA) is 38.8 Å². The molecule has 0 unspecified atom stereocenters. The molecule has 2 aromatic carbocycles. The number of fused-ring (bicyclic) bond motifs is 1. The molecule has 0 atom stereocenters. The molecule has 0 spiro atoms. The first-order valence-electron chi connectivity index (χ1n) is 12.5. The molecule has 0 radical (unpaired) electrons. The number of ether oxygens (including phenoxy) is 1. The molecular formula is C31H43NO3. The maximum atomic E-state index is 12.0. The molecule has 0 amide bonds. The highest BCUT2D eigenvalue weighted by Crippen LogP contribution is 2.49. The zero-order valence-electron chi connectivity index (χ0n) is 23.7. The van der Waals surface area contributed by atoms with Crippen molar-refractivity contribution in [3.8, 4) is 5.75 Å². The van der Waals surface area contributed by atoms with Gasteiger partial charge in [-0.1, -0.05) is 65.8 Å². The maximum absolute atomic E-state index is 12.0. The third kappa shape index (κ3) is 5.10. The third-order valence-corrected chi connectivity index (χ3v) is 7.00. The molecule has 1 aliphatic heterocycles. The smallest absolute Gasteiger partial charge is 0.308 e. The van der Waals surface area contributed by atoms with Crippen LogP contribution in [0.1, 0.15) is 110 Å². The fourth-order valence-corrected chi connectivity index (χ4v) is 5.39. The molecule has 35 heavy (non-hydrogen) atoms. The molecule has 0 N–H and O–H groups in total. The summed E-state index contributed by atoms with van der Waals surface area (Å²) >= 11 is 0. The summed E-state index contributed by atoms with van der Waals surface area (Å²) in [7, 11) is 1.75. The molecule has 3 rings (SSSR count). The third-order valence-electron chi connectivity index (χ3n) is 7.00. The molecule has 1 aliphatic rings. The number of rotatable bonds is 4. The molecule has 0 aliphatic carbocycles. The Morgan fingerprint density at radius 1 is 0.800 bits per heavy atom. The Hall–Kier alpha value is -2.43. The highest BCUT2D eigenvalue weighted by atomic mass is 16.7. The van der Waals surface area contributed by atoms with Crippen molar-refractivity contribution in [1.82, 2.24) is 5.06 Å². The molecule has 0 saturated carbocycles. The van der Waals surface area contributed by atoms with E-state index in [0.717, 1.165) is 22.3 Å². The lowest BCUT2D eigenvalue weighted by atomic mass is 9.78. The minimum absolute atomic E-state index is 0.179. The van der Waals surface area contributed by atoms with Crippen LogP contribution in [0.4, 0.5) is 0 Å². The van der Waals surface area contributed by atoms with E-state index in [9.17, 15) is 4.79 Å². The second kappa shape index (κ2) is 8.90. The van der Waals surface area contributed by atoms with Crippen LogP contribution < -0.4 is 4.74 Å². The molecular weight excluding hydrogens is 434 g/mol. The average molecular weight is 478 g/mol. The van der Waals surface area contributed by atoms with E-state index in [4.69, 9.17) is 9.57 Å². The van der Waals surface area contributed by atoms with Crippen molar-refractivity contribution in [2.24, 2.45) is 0 Å². The van der Waals surface area contributed by atoms with Gasteiger partial charge in [0.1, 0.15) is 5.75 Å². The number of nitrogens with zero attached hydrogens (tertiary/aromatic N) is 1. The lowest BCUT2D eigenvalue weighted by molar-refractivity contribution is -0.241. The van der Waals surface area contributed by atoms with Crippen LogP contribution in [0, 0.1) is 0 Å². The van der Waals surface area contributed by atoms with Gasteiger partial charge in [-0.25, -0.2) is 0 Å². The molecule has 0 saturated heterocycles. The van der Waals surface area contributed by atoms with Gasteiger partial charge >= 0.3 is 5.97 Å². The van der Waals surface area contributed by atoms with Gasteiger partial charge in [0.15, 0.2) is 0 Å². The summed E-state index contributed by atoms with van der Waals surface area (Å²) in [4.78, 5) is 17.8. The summed E-state index contributed by atoms with van der Waals surface area (Å²) < 4.78 is 5.78. The highest BCUT2D eigenvalue weighted by molar-refractivity contribution is 5.75. The van der Waals surface area contributed by atoms with Gasteiger partial charge in [0.2, 0.25) is 0 Å². The van der Waals surface area contributed by atoms with Gasteiger partial charge in [-0.3, -0.25) is 4.79 Å². The van der Waals surface area contributed by atoms with Crippen LogP contribution in [0.5, 0.6) is 5.75 Å². The zero-order chi connectivity index (χ0) is 26.6. The minimum Gasteiger partial charge on any atom is -0.426 e. The Morgan fingerprint density at radius 3 is 1.74 bits per heavy atom. The summed E-state index contributed by atoms with van der Waals surface area (Å²) in [5, 5.41) is 2.08. The van der Waals surface area contributed by atoms with Crippen LogP contribution >= 0.6 is 0 Å². The van der Waals surface area contributed by atoms with Crippen molar-refractivity contribution < 1.29 is 14.4 Å². The normalized spacial score (nSPS) is 17.6. The SMILES string of the molecule is CON1C(C)(C)c2ccc(/C=C/c3cc(C(C)(C)C)c(OC(C)=O)c(C(C)(C)C)c3)cc2C1(C)C. The molecule has 2 aromatic rings. The van der Waals surface area contributed by atoms with E-state index in [2.05, 4.69) is 117 Å².